The van der Waals surface area contributed by atoms with Crippen LogP contribution in [-0.4, -0.2) is 57.5 Å². The average Bonchev–Trinajstić information content (AvgIpc) is 2.68. The highest BCUT2D eigenvalue weighted by molar-refractivity contribution is 8.48. The van der Waals surface area contributed by atoms with Crippen LogP contribution < -0.4 is 0 Å². The first-order valence-electron chi connectivity index (χ1n) is 11.9. The van der Waals surface area contributed by atoms with Crippen molar-refractivity contribution >= 4 is 146 Å². The van der Waals surface area contributed by atoms with Crippen LogP contribution in [0.5, 0.6) is 0 Å². The molecular formula is C23H38F9NS11. The molecule has 0 aromatic carbocycles. The van der Waals surface area contributed by atoms with Crippen molar-refractivity contribution in [2.45, 2.75) is 113 Å². The van der Waals surface area contributed by atoms with E-state index in [0.29, 0.717) is 34.1 Å². The summed E-state index contributed by atoms with van der Waals surface area (Å²) < 4.78 is 112. The number of hydrogen-bond donors (Lipinski definition) is 0. The van der Waals surface area contributed by atoms with E-state index in [9.17, 15) is 39.6 Å². The van der Waals surface area contributed by atoms with Crippen LogP contribution in [-0.2, 0) is 0 Å². The molecule has 0 saturated carbocycles. The summed E-state index contributed by atoms with van der Waals surface area (Å²) in [6.07, 6.45) is 0. The molecule has 0 heterocycles. The molecule has 0 aliphatic carbocycles. The summed E-state index contributed by atoms with van der Waals surface area (Å²) in [7, 11) is 0. The molecule has 0 amide bonds. The number of alkyl halides is 8. The van der Waals surface area contributed by atoms with Crippen LogP contribution in [0.4, 0.5) is 39.6 Å². The van der Waals surface area contributed by atoms with Crippen LogP contribution in [0.3, 0.4) is 0 Å². The zero-order chi connectivity index (χ0) is 36.1. The number of thioether (sulfide) groups is 8. The van der Waals surface area contributed by atoms with Gasteiger partial charge in [-0.25, -0.2) is 35.1 Å². The Hall–Kier alpha value is 2.11. The van der Waals surface area contributed by atoms with Gasteiger partial charge in [0.05, 0.1) is 0 Å². The van der Waals surface area contributed by atoms with Gasteiger partial charge in [0.15, 0.2) is 24.4 Å². The van der Waals surface area contributed by atoms with Crippen LogP contribution in [0.15, 0.2) is 5.21 Å². The molecule has 0 aromatic heterocycles. The van der Waals surface area contributed by atoms with Crippen molar-refractivity contribution in [1.82, 2.24) is 0 Å². The van der Waals surface area contributed by atoms with Gasteiger partial charge in [0, 0.05) is 0 Å². The molecule has 1 nitrogen and oxygen atoms in total. The van der Waals surface area contributed by atoms with Crippen LogP contribution in [0, 0.1) is 0 Å². The first-order chi connectivity index (χ1) is 19.4. The van der Waals surface area contributed by atoms with Crippen molar-refractivity contribution in [3.8, 4) is 0 Å². The third-order valence-corrected chi connectivity index (χ3v) is 10.9. The topological polar surface area (TPSA) is 12.4 Å². The average molecular weight is 852 g/mol. The number of hydrogen-bond acceptors (Lipinski definition) is 12. The fraction of sp³-hybridized carbons (Fsp3) is 0.826. The standard InChI is InChI=1S/C7H12F3NS2.C7H12F2S3.C5H8F2S3.C4H6F2S3/c1-6(2,8)12-5(11-10)13-7(3,4)9;1-6(2,8)11-5(10)12-7(3,4)9;1-3(6)9-5(8)10-4(2)7;1-3(6)9-4(7)8-2-5/h1-4H3;1-4H3;3-4H,1-2H3;3H,2H2,1H3. The Bertz CT molecular complexity index is 787. The summed E-state index contributed by atoms with van der Waals surface area (Å²) in [5, 5.41) is -3.82. The maximum absolute atomic E-state index is 13.0. The van der Waals surface area contributed by atoms with Gasteiger partial charge < -0.3 is 0 Å². The maximum Gasteiger partial charge on any atom is 0.169 e. The lowest BCUT2D eigenvalue weighted by Gasteiger charge is -2.17. The molecule has 0 rings (SSSR count). The fourth-order valence-electron chi connectivity index (χ4n) is 1.39. The number of thiocarbonyl (C=S) groups is 3. The van der Waals surface area contributed by atoms with Gasteiger partial charge in [-0.2, -0.15) is 0 Å². The van der Waals surface area contributed by atoms with E-state index in [1.54, 1.807) is 0 Å². The highest BCUT2D eigenvalue weighted by Gasteiger charge is 2.27. The van der Waals surface area contributed by atoms with Crippen LogP contribution in [0.25, 0.3) is 0 Å². The van der Waals surface area contributed by atoms with E-state index >= 15 is 0 Å². The Balaban J connectivity index is -0.000000245. The summed E-state index contributed by atoms with van der Waals surface area (Å²) in [6.45, 7) is 14.8. The zero-order valence-corrected chi connectivity index (χ0v) is 34.8. The van der Waals surface area contributed by atoms with E-state index in [2.05, 4.69) is 29.7 Å². The van der Waals surface area contributed by atoms with Crippen molar-refractivity contribution in [3.05, 3.63) is 0 Å². The van der Waals surface area contributed by atoms with E-state index < -0.39 is 42.5 Å². The molecule has 0 bridgehead atoms. The van der Waals surface area contributed by atoms with Gasteiger partial charge in [0.25, 0.3) is 0 Å². The lowest BCUT2D eigenvalue weighted by molar-refractivity contribution is 0.346. The van der Waals surface area contributed by atoms with E-state index in [0.717, 1.165) is 70.6 Å². The number of rotatable bonds is 8. The SMILES string of the molecule is CC(C)(F)SC(=NF)SC(C)(C)F.CC(C)(F)SC(=S)SC(C)(C)F.CC(F)SC(=S)SC(C)F.CC(F)SC(=S)SCF. The van der Waals surface area contributed by atoms with Gasteiger partial charge in [-0.1, -0.05) is 140 Å². The molecule has 21 heteroatoms. The predicted molar refractivity (Wildman–Crippen MR) is 205 cm³/mol. The lowest BCUT2D eigenvalue weighted by atomic mass is 10.5. The highest BCUT2D eigenvalue weighted by atomic mass is 32.2. The minimum atomic E-state index is -1.65. The summed E-state index contributed by atoms with van der Waals surface area (Å²) >= 11 is 20.3. The Morgan fingerprint density at radius 3 is 1.05 bits per heavy atom. The van der Waals surface area contributed by atoms with Gasteiger partial charge in [-0.15, -0.1) is 0 Å². The third-order valence-electron chi connectivity index (χ3n) is 2.33. The maximum atomic E-state index is 13.0. The van der Waals surface area contributed by atoms with E-state index in [4.69, 9.17) is 12.2 Å². The second kappa shape index (κ2) is 26.9. The Kier molecular flexibility index (Phi) is 32.4. The second-order valence-corrected chi connectivity index (χ2v) is 24.1. The molecule has 0 aromatic rings. The molecule has 0 radical (unpaired) electrons. The van der Waals surface area contributed by atoms with Crippen LogP contribution in [0.2, 0.25) is 0 Å². The first-order valence-corrected chi connectivity index (χ1v) is 20.0. The smallest absolute Gasteiger partial charge is 0.169 e. The van der Waals surface area contributed by atoms with Gasteiger partial charge in [0.1, 0.15) is 33.1 Å². The number of nitrogens with zero attached hydrogens (tertiary/aromatic N) is 1. The lowest BCUT2D eigenvalue weighted by Crippen LogP contribution is -2.13. The molecule has 0 aliphatic heterocycles. The minimum absolute atomic E-state index is 0.236. The van der Waals surface area contributed by atoms with Crippen molar-refractivity contribution in [2.75, 3.05) is 6.01 Å². The molecule has 0 aliphatic rings. The van der Waals surface area contributed by atoms with Crippen molar-refractivity contribution < 1.29 is 39.6 Å². The Morgan fingerprint density at radius 2 is 0.841 bits per heavy atom. The van der Waals surface area contributed by atoms with Gasteiger partial charge in [-0.3, -0.25) is 0 Å². The van der Waals surface area contributed by atoms with Crippen molar-refractivity contribution in [2.24, 2.45) is 5.21 Å². The monoisotopic (exact) mass is 851 g/mol. The molecule has 44 heavy (non-hydrogen) atoms. The second-order valence-electron chi connectivity index (χ2n) is 9.20. The molecule has 3 atom stereocenters. The minimum Gasteiger partial charge on any atom is -0.239 e. The quantitative estimate of drug-likeness (QED) is 0.100. The van der Waals surface area contributed by atoms with Gasteiger partial charge in [-0.05, 0) is 76.2 Å². The molecule has 264 valence electrons. The van der Waals surface area contributed by atoms with Crippen LogP contribution >= 0.6 is 131 Å². The zero-order valence-electron chi connectivity index (χ0n) is 25.8. The molecule has 0 spiro atoms. The van der Waals surface area contributed by atoms with Gasteiger partial charge in [0.2, 0.25) is 0 Å². The summed E-state index contributed by atoms with van der Waals surface area (Å²) in [6, 6.07) is -0.571. The van der Waals surface area contributed by atoms with E-state index in [-0.39, 0.29) is 4.38 Å². The van der Waals surface area contributed by atoms with Crippen molar-refractivity contribution in [3.63, 3.8) is 0 Å². The summed E-state index contributed by atoms with van der Waals surface area (Å²) in [4.78, 5) is 0. The molecule has 0 fully saturated rings. The largest absolute Gasteiger partial charge is 0.239 e. The molecular weight excluding hydrogens is 814 g/mol. The Labute approximate surface area is 306 Å². The van der Waals surface area contributed by atoms with Crippen molar-refractivity contribution in [1.29, 1.82) is 0 Å². The summed E-state index contributed by atoms with van der Waals surface area (Å²) in [5.74, 6) is 0. The molecule has 3 unspecified atom stereocenters. The number of halogens is 9. The molecule has 0 saturated heterocycles. The molecule has 0 N–H and O–H groups in total. The normalized spacial score (nSPS) is 13.8. The fourth-order valence-corrected chi connectivity index (χ4v) is 11.0. The third kappa shape index (κ3) is 53.6. The predicted octanol–water partition coefficient (Wildman–Crippen LogP) is 14.6. The van der Waals surface area contributed by atoms with E-state index in [1.807, 2.05) is 0 Å². The van der Waals surface area contributed by atoms with Gasteiger partial charge >= 0.3 is 0 Å². The van der Waals surface area contributed by atoms with Crippen LogP contribution in [0.1, 0.15) is 76.2 Å². The van der Waals surface area contributed by atoms with E-state index in [1.165, 1.54) is 76.2 Å². The highest BCUT2D eigenvalue weighted by Crippen LogP contribution is 2.39. The Morgan fingerprint density at radius 1 is 0.568 bits per heavy atom. The summed E-state index contributed by atoms with van der Waals surface area (Å²) in [5.41, 5.74) is -3.12. The first kappa shape index (κ1) is 52.9.